The summed E-state index contributed by atoms with van der Waals surface area (Å²) in [5, 5.41) is 9.27. The quantitative estimate of drug-likeness (QED) is 0.635. The number of carbonyl (C=O) groups is 1. The number of thiazole rings is 1. The van der Waals surface area contributed by atoms with Crippen LogP contribution in [0.25, 0.3) is 11.3 Å². The Morgan fingerprint density at radius 1 is 1.00 bits per heavy atom. The van der Waals surface area contributed by atoms with Gasteiger partial charge in [0.1, 0.15) is 0 Å². The number of rotatable bonds is 4. The number of aromatic nitrogens is 1. The highest BCUT2D eigenvalue weighted by Gasteiger charge is 2.08. The molecule has 2 aromatic carbocycles. The third kappa shape index (κ3) is 4.47. The van der Waals surface area contributed by atoms with Crippen LogP contribution in [-0.2, 0) is 6.54 Å². The smallest absolute Gasteiger partial charge is 0.321 e. The van der Waals surface area contributed by atoms with E-state index in [-0.39, 0.29) is 6.03 Å². The summed E-state index contributed by atoms with van der Waals surface area (Å²) in [6.45, 7) is 0.415. The predicted octanol–water partition coefficient (Wildman–Crippen LogP) is 5.44. The summed E-state index contributed by atoms with van der Waals surface area (Å²) in [5.74, 6) is 0. The average Bonchev–Trinajstić information content (AvgIpc) is 3.03. The Bertz CT molecular complexity index is 832. The first-order chi connectivity index (χ1) is 11.6. The zero-order chi connectivity index (χ0) is 16.9. The average molecular weight is 378 g/mol. The second-order valence-electron chi connectivity index (χ2n) is 4.98. The number of urea groups is 1. The fraction of sp³-hybridized carbons (Fsp3) is 0.0588. The molecule has 0 saturated heterocycles. The van der Waals surface area contributed by atoms with Crippen molar-refractivity contribution in [3.05, 3.63) is 69.5 Å². The highest BCUT2D eigenvalue weighted by Crippen LogP contribution is 2.25. The number of anilines is 1. The van der Waals surface area contributed by atoms with Gasteiger partial charge >= 0.3 is 6.03 Å². The summed E-state index contributed by atoms with van der Waals surface area (Å²) in [4.78, 5) is 16.3. The molecule has 2 amide bonds. The van der Waals surface area contributed by atoms with E-state index in [0.29, 0.717) is 21.7 Å². The molecule has 7 heteroatoms. The van der Waals surface area contributed by atoms with E-state index in [4.69, 9.17) is 23.2 Å². The predicted molar refractivity (Wildman–Crippen MR) is 99.9 cm³/mol. The topological polar surface area (TPSA) is 54.0 Å². The lowest BCUT2D eigenvalue weighted by atomic mass is 10.2. The van der Waals surface area contributed by atoms with Crippen LogP contribution >= 0.6 is 34.5 Å². The van der Waals surface area contributed by atoms with Crippen LogP contribution in [0, 0.1) is 0 Å². The van der Waals surface area contributed by atoms with Crippen molar-refractivity contribution in [1.82, 2.24) is 10.3 Å². The molecule has 122 valence electrons. The minimum atomic E-state index is -0.304. The number of amides is 2. The maximum Gasteiger partial charge on any atom is 0.321 e. The highest BCUT2D eigenvalue weighted by atomic mass is 35.5. The van der Waals surface area contributed by atoms with Crippen molar-refractivity contribution < 1.29 is 4.79 Å². The Balaban J connectivity index is 1.57. The van der Waals surface area contributed by atoms with Gasteiger partial charge in [-0.25, -0.2) is 9.78 Å². The van der Waals surface area contributed by atoms with Gasteiger partial charge in [0.15, 0.2) is 5.13 Å². The highest BCUT2D eigenvalue weighted by molar-refractivity contribution is 7.14. The van der Waals surface area contributed by atoms with Crippen molar-refractivity contribution in [1.29, 1.82) is 0 Å². The second kappa shape index (κ2) is 7.66. The molecular formula is C17H13Cl2N3OS. The van der Waals surface area contributed by atoms with E-state index in [1.54, 1.807) is 12.1 Å². The molecule has 0 aliphatic carbocycles. The van der Waals surface area contributed by atoms with Gasteiger partial charge in [-0.15, -0.1) is 11.3 Å². The van der Waals surface area contributed by atoms with Gasteiger partial charge in [0.25, 0.3) is 0 Å². The Morgan fingerprint density at radius 2 is 1.62 bits per heavy atom. The normalized spacial score (nSPS) is 10.4. The summed E-state index contributed by atoms with van der Waals surface area (Å²) >= 11 is 13.1. The molecule has 0 saturated carbocycles. The minimum Gasteiger partial charge on any atom is -0.334 e. The molecular weight excluding hydrogens is 365 g/mol. The molecule has 1 heterocycles. The lowest BCUT2D eigenvalue weighted by Gasteiger charge is -2.05. The van der Waals surface area contributed by atoms with Crippen molar-refractivity contribution in [2.45, 2.75) is 6.54 Å². The number of hydrogen-bond donors (Lipinski definition) is 2. The van der Waals surface area contributed by atoms with Crippen LogP contribution < -0.4 is 10.6 Å². The first-order valence-electron chi connectivity index (χ1n) is 7.11. The molecule has 0 unspecified atom stereocenters. The molecule has 0 radical (unpaired) electrons. The Hall–Kier alpha value is -2.08. The van der Waals surface area contributed by atoms with Crippen molar-refractivity contribution >= 4 is 45.7 Å². The zero-order valence-corrected chi connectivity index (χ0v) is 14.8. The fourth-order valence-corrected chi connectivity index (χ4v) is 2.98. The van der Waals surface area contributed by atoms with Crippen LogP contribution in [0.15, 0.2) is 53.9 Å². The van der Waals surface area contributed by atoms with Gasteiger partial charge in [0.2, 0.25) is 0 Å². The Kier molecular flexibility index (Phi) is 5.35. The van der Waals surface area contributed by atoms with Gasteiger partial charge in [-0.2, -0.15) is 0 Å². The second-order valence-corrected chi connectivity index (χ2v) is 6.71. The zero-order valence-electron chi connectivity index (χ0n) is 12.4. The van der Waals surface area contributed by atoms with Crippen LogP contribution in [0.3, 0.4) is 0 Å². The van der Waals surface area contributed by atoms with Crippen molar-refractivity contribution in [3.8, 4) is 11.3 Å². The third-order valence-electron chi connectivity index (χ3n) is 3.23. The Morgan fingerprint density at radius 3 is 2.29 bits per heavy atom. The number of nitrogens with zero attached hydrogens (tertiary/aromatic N) is 1. The molecule has 2 N–H and O–H groups in total. The van der Waals surface area contributed by atoms with Crippen LogP contribution in [0.4, 0.5) is 9.93 Å². The molecule has 24 heavy (non-hydrogen) atoms. The maximum absolute atomic E-state index is 11.9. The largest absolute Gasteiger partial charge is 0.334 e. The van der Waals surface area contributed by atoms with Crippen LogP contribution in [0.1, 0.15) is 5.56 Å². The molecule has 0 atom stereocenters. The van der Waals surface area contributed by atoms with Crippen LogP contribution in [0.5, 0.6) is 0 Å². The maximum atomic E-state index is 11.9. The van der Waals surface area contributed by atoms with Crippen molar-refractivity contribution in [2.24, 2.45) is 0 Å². The van der Waals surface area contributed by atoms with Crippen molar-refractivity contribution in [2.75, 3.05) is 5.32 Å². The van der Waals surface area contributed by atoms with Crippen LogP contribution in [0.2, 0.25) is 10.0 Å². The molecule has 3 aromatic rings. The molecule has 3 rings (SSSR count). The van der Waals surface area contributed by atoms with E-state index < -0.39 is 0 Å². The van der Waals surface area contributed by atoms with E-state index in [1.165, 1.54) is 11.3 Å². The monoisotopic (exact) mass is 377 g/mol. The number of nitrogens with one attached hydrogen (secondary N) is 2. The Labute approximate surface area is 153 Å². The molecule has 0 aliphatic heterocycles. The molecule has 1 aromatic heterocycles. The summed E-state index contributed by atoms with van der Waals surface area (Å²) in [6, 6.07) is 14.4. The molecule has 0 bridgehead atoms. The van der Waals surface area contributed by atoms with E-state index in [9.17, 15) is 4.79 Å². The lowest BCUT2D eigenvalue weighted by Crippen LogP contribution is -2.28. The van der Waals surface area contributed by atoms with E-state index in [1.807, 2.05) is 41.8 Å². The first kappa shape index (κ1) is 16.8. The van der Waals surface area contributed by atoms with Gasteiger partial charge < -0.3 is 5.32 Å². The molecule has 0 aliphatic rings. The van der Waals surface area contributed by atoms with E-state index in [2.05, 4.69) is 15.6 Å². The number of benzene rings is 2. The summed E-state index contributed by atoms with van der Waals surface area (Å²) in [7, 11) is 0. The standard InChI is InChI=1S/C17H13Cl2N3OS/c18-13-5-1-11(2-6-13)9-20-16(23)22-17-21-15(10-24-17)12-3-7-14(19)8-4-12/h1-8,10H,9H2,(H2,20,21,22,23). The SMILES string of the molecule is O=C(NCc1ccc(Cl)cc1)Nc1nc(-c2ccc(Cl)cc2)cs1. The van der Waals surface area contributed by atoms with E-state index >= 15 is 0 Å². The minimum absolute atomic E-state index is 0.304. The molecule has 4 nitrogen and oxygen atoms in total. The van der Waals surface area contributed by atoms with Gasteiger partial charge in [0.05, 0.1) is 5.69 Å². The summed E-state index contributed by atoms with van der Waals surface area (Å²) in [5.41, 5.74) is 2.71. The van der Waals surface area contributed by atoms with Gasteiger partial charge in [-0.05, 0) is 29.8 Å². The molecule has 0 spiro atoms. The van der Waals surface area contributed by atoms with Crippen LogP contribution in [-0.4, -0.2) is 11.0 Å². The van der Waals surface area contributed by atoms with Crippen molar-refractivity contribution in [3.63, 3.8) is 0 Å². The number of carbonyl (C=O) groups excluding carboxylic acids is 1. The van der Waals surface area contributed by atoms with Gasteiger partial charge in [-0.3, -0.25) is 5.32 Å². The van der Waals surface area contributed by atoms with Gasteiger partial charge in [0, 0.05) is 27.5 Å². The third-order valence-corrected chi connectivity index (χ3v) is 4.49. The summed E-state index contributed by atoms with van der Waals surface area (Å²) < 4.78 is 0. The summed E-state index contributed by atoms with van der Waals surface area (Å²) in [6.07, 6.45) is 0. The van der Waals surface area contributed by atoms with Gasteiger partial charge in [-0.1, -0.05) is 47.5 Å². The molecule has 0 fully saturated rings. The number of hydrogen-bond acceptors (Lipinski definition) is 3. The first-order valence-corrected chi connectivity index (χ1v) is 8.74. The lowest BCUT2D eigenvalue weighted by molar-refractivity contribution is 0.251. The number of halogens is 2. The van der Waals surface area contributed by atoms with E-state index in [0.717, 1.165) is 16.8 Å². The fourth-order valence-electron chi connectivity index (χ4n) is 2.01.